The SMILES string of the molecule is C=CCc1cc(C=C2C(=O)N(c3ccccc3)C(=O)N(c3ccccc3)C2=O)cc(OC)c1OS(=O)(=O)c1ccc(Cl)cc1. The van der Waals surface area contributed by atoms with Gasteiger partial charge >= 0.3 is 16.1 Å². The van der Waals surface area contributed by atoms with Crippen molar-refractivity contribution in [3.63, 3.8) is 0 Å². The van der Waals surface area contributed by atoms with E-state index in [9.17, 15) is 22.8 Å². The second-order valence-electron chi connectivity index (χ2n) is 9.49. The molecular weight excluding hydrogens is 604 g/mol. The Kier molecular flexibility index (Phi) is 8.66. The molecule has 44 heavy (non-hydrogen) atoms. The number of para-hydroxylation sites is 2. The van der Waals surface area contributed by atoms with Crippen molar-refractivity contribution in [2.24, 2.45) is 0 Å². The van der Waals surface area contributed by atoms with Gasteiger partial charge in [-0.05, 0) is 78.7 Å². The Morgan fingerprint density at radius 1 is 0.818 bits per heavy atom. The van der Waals surface area contributed by atoms with Crippen LogP contribution in [0, 0.1) is 0 Å². The van der Waals surface area contributed by atoms with Crippen LogP contribution in [0.1, 0.15) is 11.1 Å². The van der Waals surface area contributed by atoms with Crippen molar-refractivity contribution in [3.8, 4) is 11.5 Å². The molecule has 0 bridgehead atoms. The highest BCUT2D eigenvalue weighted by Gasteiger charge is 2.43. The third-order valence-corrected chi connectivity index (χ3v) is 8.11. The molecule has 0 N–H and O–H groups in total. The van der Waals surface area contributed by atoms with Gasteiger partial charge in [0.1, 0.15) is 10.5 Å². The smallest absolute Gasteiger partial charge is 0.343 e. The van der Waals surface area contributed by atoms with Crippen LogP contribution < -0.4 is 18.7 Å². The van der Waals surface area contributed by atoms with Gasteiger partial charge in [-0.1, -0.05) is 54.1 Å². The molecule has 4 aromatic carbocycles. The van der Waals surface area contributed by atoms with Gasteiger partial charge in [0.15, 0.2) is 11.5 Å². The van der Waals surface area contributed by atoms with Crippen LogP contribution in [0.15, 0.2) is 120 Å². The van der Waals surface area contributed by atoms with E-state index in [1.54, 1.807) is 66.7 Å². The predicted molar refractivity (Wildman–Crippen MR) is 167 cm³/mol. The Hall–Kier alpha value is -5.19. The second kappa shape index (κ2) is 12.6. The number of barbiturate groups is 1. The Labute approximate surface area is 259 Å². The summed E-state index contributed by atoms with van der Waals surface area (Å²) in [5.74, 6) is -1.71. The summed E-state index contributed by atoms with van der Waals surface area (Å²) in [7, 11) is -2.96. The second-order valence-corrected chi connectivity index (χ2v) is 11.5. The summed E-state index contributed by atoms with van der Waals surface area (Å²) in [4.78, 5) is 42.8. The van der Waals surface area contributed by atoms with Crippen LogP contribution in [-0.4, -0.2) is 33.4 Å². The Morgan fingerprint density at radius 2 is 1.36 bits per heavy atom. The predicted octanol–water partition coefficient (Wildman–Crippen LogP) is 6.43. The third kappa shape index (κ3) is 5.98. The number of methoxy groups -OCH3 is 1. The lowest BCUT2D eigenvalue weighted by molar-refractivity contribution is -0.121. The largest absolute Gasteiger partial charge is 0.493 e. The van der Waals surface area contributed by atoms with Crippen LogP contribution in [0.25, 0.3) is 6.08 Å². The fourth-order valence-electron chi connectivity index (χ4n) is 4.59. The first-order chi connectivity index (χ1) is 21.1. The van der Waals surface area contributed by atoms with Crippen LogP contribution in [0.4, 0.5) is 16.2 Å². The van der Waals surface area contributed by atoms with E-state index < -0.39 is 28.0 Å². The number of hydrogen-bond acceptors (Lipinski definition) is 7. The zero-order valence-electron chi connectivity index (χ0n) is 23.3. The molecule has 0 atom stereocenters. The summed E-state index contributed by atoms with van der Waals surface area (Å²) in [5, 5.41) is 0.358. The van der Waals surface area contributed by atoms with Crippen molar-refractivity contribution in [2.45, 2.75) is 11.3 Å². The summed E-state index contributed by atoms with van der Waals surface area (Å²) < 4.78 is 37.2. The van der Waals surface area contributed by atoms with E-state index >= 15 is 0 Å². The summed E-state index contributed by atoms with van der Waals surface area (Å²) in [6.45, 7) is 3.75. The monoisotopic (exact) mass is 628 g/mol. The van der Waals surface area contributed by atoms with Crippen LogP contribution in [-0.2, 0) is 26.1 Å². The van der Waals surface area contributed by atoms with E-state index in [1.165, 1.54) is 49.6 Å². The van der Waals surface area contributed by atoms with Gasteiger partial charge in [-0.3, -0.25) is 9.59 Å². The van der Waals surface area contributed by atoms with E-state index in [0.29, 0.717) is 16.1 Å². The van der Waals surface area contributed by atoms with Crippen molar-refractivity contribution in [3.05, 3.63) is 131 Å². The lowest BCUT2D eigenvalue weighted by Crippen LogP contribution is -2.57. The highest BCUT2D eigenvalue weighted by atomic mass is 35.5. The number of benzene rings is 4. The van der Waals surface area contributed by atoms with Gasteiger partial charge in [-0.25, -0.2) is 14.6 Å². The molecular formula is C33H25ClN2O7S. The van der Waals surface area contributed by atoms with Gasteiger partial charge in [0.25, 0.3) is 11.8 Å². The molecule has 1 aliphatic rings. The van der Waals surface area contributed by atoms with Crippen molar-refractivity contribution in [2.75, 3.05) is 16.9 Å². The number of allylic oxidation sites excluding steroid dienone is 1. The lowest BCUT2D eigenvalue weighted by Gasteiger charge is -2.34. The van der Waals surface area contributed by atoms with Crippen molar-refractivity contribution >= 4 is 57.0 Å². The number of rotatable bonds is 9. The molecule has 9 nitrogen and oxygen atoms in total. The summed E-state index contributed by atoms with van der Waals surface area (Å²) in [5.41, 5.74) is 0.939. The first-order valence-corrected chi connectivity index (χ1v) is 15.0. The number of anilines is 2. The molecule has 0 radical (unpaired) electrons. The van der Waals surface area contributed by atoms with Crippen LogP contribution >= 0.6 is 11.6 Å². The van der Waals surface area contributed by atoms with E-state index in [4.69, 9.17) is 20.5 Å². The molecule has 0 unspecified atom stereocenters. The number of hydrogen-bond donors (Lipinski definition) is 0. The highest BCUT2D eigenvalue weighted by Crippen LogP contribution is 2.37. The zero-order valence-corrected chi connectivity index (χ0v) is 24.9. The summed E-state index contributed by atoms with van der Waals surface area (Å²) in [6.07, 6.45) is 3.03. The standard InChI is InChI=1S/C33H25ClN2O7S/c1-3-10-23-19-22(21-29(42-2)30(23)43-44(40,41)27-17-15-24(34)16-18-27)20-28-31(37)35(25-11-6-4-7-12-25)33(39)36(32(28)38)26-13-8-5-9-14-26/h3-9,11-21H,1,10H2,2H3. The normalized spacial score (nSPS) is 13.6. The number of amides is 4. The fraction of sp³-hybridized carbons (Fsp3) is 0.0606. The zero-order chi connectivity index (χ0) is 31.4. The molecule has 4 aromatic rings. The maximum Gasteiger partial charge on any atom is 0.343 e. The lowest BCUT2D eigenvalue weighted by atomic mass is 10.0. The highest BCUT2D eigenvalue weighted by molar-refractivity contribution is 7.87. The van der Waals surface area contributed by atoms with E-state index in [1.807, 2.05) is 0 Å². The van der Waals surface area contributed by atoms with Crippen molar-refractivity contribution < 1.29 is 31.7 Å². The molecule has 0 spiro atoms. The van der Waals surface area contributed by atoms with E-state index in [-0.39, 0.29) is 39.8 Å². The van der Waals surface area contributed by atoms with Gasteiger partial charge < -0.3 is 8.92 Å². The first-order valence-electron chi connectivity index (χ1n) is 13.2. The number of carbonyl (C=O) groups excluding carboxylic acids is 3. The molecule has 5 rings (SSSR count). The minimum atomic E-state index is -4.29. The quantitative estimate of drug-likeness (QED) is 0.0909. The van der Waals surface area contributed by atoms with Crippen LogP contribution in [0.5, 0.6) is 11.5 Å². The first kappa shape index (κ1) is 30.3. The van der Waals surface area contributed by atoms with Crippen LogP contribution in [0.3, 0.4) is 0 Å². The Bertz CT molecular complexity index is 1830. The molecule has 11 heteroatoms. The molecule has 1 heterocycles. The molecule has 0 aliphatic carbocycles. The number of urea groups is 1. The van der Waals surface area contributed by atoms with Gasteiger partial charge in [0.05, 0.1) is 18.5 Å². The molecule has 0 saturated carbocycles. The minimum absolute atomic E-state index is 0.0281. The Morgan fingerprint density at radius 3 is 1.86 bits per heavy atom. The van der Waals surface area contributed by atoms with Crippen LogP contribution in [0.2, 0.25) is 5.02 Å². The maximum absolute atomic E-state index is 13.8. The summed E-state index contributed by atoms with van der Waals surface area (Å²) >= 11 is 5.90. The average molecular weight is 629 g/mol. The molecule has 222 valence electrons. The van der Waals surface area contributed by atoms with E-state index in [2.05, 4.69) is 6.58 Å². The number of imide groups is 2. The van der Waals surface area contributed by atoms with Crippen molar-refractivity contribution in [1.82, 2.24) is 0 Å². The van der Waals surface area contributed by atoms with Gasteiger partial charge in [0, 0.05) is 10.6 Å². The number of carbonyl (C=O) groups is 3. The van der Waals surface area contributed by atoms with Gasteiger partial charge in [-0.2, -0.15) is 8.42 Å². The molecule has 1 aliphatic heterocycles. The number of nitrogens with zero attached hydrogens (tertiary/aromatic N) is 2. The molecule has 1 fully saturated rings. The molecule has 4 amide bonds. The van der Waals surface area contributed by atoms with Crippen molar-refractivity contribution in [1.29, 1.82) is 0 Å². The Balaban J connectivity index is 1.62. The summed E-state index contributed by atoms with van der Waals surface area (Å²) in [6, 6.07) is 24.2. The number of ether oxygens (including phenoxy) is 1. The van der Waals surface area contributed by atoms with Gasteiger partial charge in [0.2, 0.25) is 0 Å². The molecule has 0 aromatic heterocycles. The van der Waals surface area contributed by atoms with E-state index in [0.717, 1.165) is 9.80 Å². The topological polar surface area (TPSA) is 110 Å². The minimum Gasteiger partial charge on any atom is -0.493 e. The van der Waals surface area contributed by atoms with Gasteiger partial charge in [-0.15, -0.1) is 6.58 Å². The fourth-order valence-corrected chi connectivity index (χ4v) is 5.69. The molecule has 1 saturated heterocycles. The number of halogens is 1. The maximum atomic E-state index is 13.8. The average Bonchev–Trinajstić information content (AvgIpc) is 3.01. The third-order valence-electron chi connectivity index (χ3n) is 6.62.